The second-order valence-electron chi connectivity index (χ2n) is 6.23. The number of piperidine rings is 1. The highest BCUT2D eigenvalue weighted by Crippen LogP contribution is 2.27. The van der Waals surface area contributed by atoms with E-state index >= 15 is 0 Å². The molecular weight excluding hydrogens is 268 g/mol. The van der Waals surface area contributed by atoms with Crippen molar-refractivity contribution in [1.82, 2.24) is 9.80 Å². The Morgan fingerprint density at radius 1 is 1.19 bits per heavy atom. The van der Waals surface area contributed by atoms with Crippen LogP contribution >= 0.6 is 0 Å². The first-order valence-corrected chi connectivity index (χ1v) is 8.36. The minimum absolute atomic E-state index is 0.0241. The molecule has 0 spiro atoms. The highest BCUT2D eigenvalue weighted by atomic mass is 16.3. The van der Waals surface area contributed by atoms with E-state index in [0.717, 1.165) is 51.6 Å². The number of aliphatic hydroxyl groups is 1. The molecule has 2 saturated heterocycles. The summed E-state index contributed by atoms with van der Waals surface area (Å²) in [7, 11) is 0. The lowest BCUT2D eigenvalue weighted by molar-refractivity contribution is -0.141. The first-order valence-electron chi connectivity index (χ1n) is 8.36. The molecule has 21 heavy (non-hydrogen) atoms. The van der Waals surface area contributed by atoms with Gasteiger partial charge in [-0.05, 0) is 38.5 Å². The van der Waals surface area contributed by atoms with Gasteiger partial charge in [-0.1, -0.05) is 6.92 Å². The van der Waals surface area contributed by atoms with Gasteiger partial charge >= 0.3 is 0 Å². The predicted octanol–water partition coefficient (Wildman–Crippen LogP) is 1.40. The van der Waals surface area contributed by atoms with E-state index in [1.54, 1.807) is 0 Å². The smallest absolute Gasteiger partial charge is 0.227 e. The van der Waals surface area contributed by atoms with Crippen LogP contribution in [-0.4, -0.2) is 59.0 Å². The van der Waals surface area contributed by atoms with E-state index in [2.05, 4.69) is 0 Å². The van der Waals surface area contributed by atoms with Crippen LogP contribution in [-0.2, 0) is 9.59 Å². The molecule has 0 aromatic carbocycles. The number of nitrogens with zero attached hydrogens (tertiary/aromatic N) is 2. The third-order valence-corrected chi connectivity index (χ3v) is 4.78. The van der Waals surface area contributed by atoms with Crippen molar-refractivity contribution < 1.29 is 14.7 Å². The number of likely N-dealkylation sites (tertiary alicyclic amines) is 2. The number of aliphatic hydroxyl groups excluding tert-OH is 1. The van der Waals surface area contributed by atoms with Gasteiger partial charge in [0.15, 0.2) is 0 Å². The Labute approximate surface area is 127 Å². The molecular formula is C16H28N2O3. The summed E-state index contributed by atoms with van der Waals surface area (Å²) >= 11 is 0. The summed E-state index contributed by atoms with van der Waals surface area (Å²) in [6, 6.07) is 0.293. The molecule has 2 fully saturated rings. The third-order valence-electron chi connectivity index (χ3n) is 4.78. The van der Waals surface area contributed by atoms with Gasteiger partial charge in [0.25, 0.3) is 0 Å². The number of hydrogen-bond acceptors (Lipinski definition) is 3. The van der Waals surface area contributed by atoms with Crippen LogP contribution in [0.3, 0.4) is 0 Å². The average Bonchev–Trinajstić information content (AvgIpc) is 2.99. The van der Waals surface area contributed by atoms with Crippen LogP contribution in [0, 0.1) is 5.92 Å². The van der Waals surface area contributed by atoms with Crippen molar-refractivity contribution in [2.75, 3.05) is 26.2 Å². The Balaban J connectivity index is 1.93. The lowest BCUT2D eigenvalue weighted by Crippen LogP contribution is -2.47. The molecule has 2 aliphatic heterocycles. The molecule has 120 valence electrons. The van der Waals surface area contributed by atoms with Crippen LogP contribution in [0.1, 0.15) is 51.9 Å². The number of hydrogen-bond donors (Lipinski definition) is 1. The fourth-order valence-electron chi connectivity index (χ4n) is 3.62. The van der Waals surface area contributed by atoms with E-state index in [9.17, 15) is 9.59 Å². The van der Waals surface area contributed by atoms with E-state index in [1.165, 1.54) is 0 Å². The molecule has 2 unspecified atom stereocenters. The number of amides is 2. The first-order chi connectivity index (χ1) is 10.2. The molecule has 2 amide bonds. The van der Waals surface area contributed by atoms with Gasteiger partial charge in [-0.3, -0.25) is 9.59 Å². The van der Waals surface area contributed by atoms with Crippen molar-refractivity contribution in [3.8, 4) is 0 Å². The molecule has 0 aliphatic carbocycles. The minimum Gasteiger partial charge on any atom is -0.396 e. The van der Waals surface area contributed by atoms with Gasteiger partial charge in [-0.15, -0.1) is 0 Å². The van der Waals surface area contributed by atoms with Crippen molar-refractivity contribution in [3.63, 3.8) is 0 Å². The van der Waals surface area contributed by atoms with Gasteiger partial charge in [0.05, 0.1) is 5.92 Å². The summed E-state index contributed by atoms with van der Waals surface area (Å²) in [5.41, 5.74) is 0. The molecule has 2 rings (SSSR count). The molecule has 0 aromatic rings. The standard InChI is InChI=1S/C16H28N2O3/c1-2-15(20)17-9-3-6-13(12-17)16(21)18-10-4-7-14(18)8-5-11-19/h13-14,19H,2-12H2,1H3. The minimum atomic E-state index is -0.0241. The quantitative estimate of drug-likeness (QED) is 0.834. The topological polar surface area (TPSA) is 60.9 Å². The molecule has 0 saturated carbocycles. The lowest BCUT2D eigenvalue weighted by atomic mass is 9.95. The second-order valence-corrected chi connectivity index (χ2v) is 6.23. The highest BCUT2D eigenvalue weighted by Gasteiger charge is 2.35. The van der Waals surface area contributed by atoms with Crippen molar-refractivity contribution in [3.05, 3.63) is 0 Å². The van der Waals surface area contributed by atoms with Gasteiger partial charge in [-0.2, -0.15) is 0 Å². The van der Waals surface area contributed by atoms with E-state index in [-0.39, 0.29) is 24.3 Å². The highest BCUT2D eigenvalue weighted by molar-refractivity contribution is 5.81. The Kier molecular flexibility index (Phi) is 6.03. The van der Waals surface area contributed by atoms with E-state index in [0.29, 0.717) is 19.0 Å². The van der Waals surface area contributed by atoms with Gasteiger partial charge in [0.1, 0.15) is 0 Å². The summed E-state index contributed by atoms with van der Waals surface area (Å²) in [6.07, 6.45) is 6.12. The summed E-state index contributed by atoms with van der Waals surface area (Å²) in [6.45, 7) is 4.30. The molecule has 5 heteroatoms. The number of rotatable bonds is 5. The first kappa shape index (κ1) is 16.3. The Bertz CT molecular complexity index is 373. The lowest BCUT2D eigenvalue weighted by Gasteiger charge is -2.35. The Morgan fingerprint density at radius 2 is 1.95 bits per heavy atom. The normalized spacial score (nSPS) is 26.2. The summed E-state index contributed by atoms with van der Waals surface area (Å²) in [5, 5.41) is 8.98. The van der Waals surface area contributed by atoms with Crippen molar-refractivity contribution in [2.24, 2.45) is 5.92 Å². The zero-order chi connectivity index (χ0) is 15.2. The van der Waals surface area contributed by atoms with Crippen LogP contribution in [0.15, 0.2) is 0 Å². The van der Waals surface area contributed by atoms with Gasteiger partial charge in [0, 0.05) is 38.7 Å². The molecule has 5 nitrogen and oxygen atoms in total. The second kappa shape index (κ2) is 7.78. The third kappa shape index (κ3) is 3.96. The van der Waals surface area contributed by atoms with Crippen LogP contribution < -0.4 is 0 Å². The van der Waals surface area contributed by atoms with Crippen LogP contribution in [0.4, 0.5) is 0 Å². The zero-order valence-corrected chi connectivity index (χ0v) is 13.1. The van der Waals surface area contributed by atoms with Gasteiger partial charge < -0.3 is 14.9 Å². The van der Waals surface area contributed by atoms with Crippen LogP contribution in [0.25, 0.3) is 0 Å². The van der Waals surface area contributed by atoms with E-state index in [1.807, 2.05) is 16.7 Å². The zero-order valence-electron chi connectivity index (χ0n) is 13.1. The Hall–Kier alpha value is -1.10. The molecule has 2 atom stereocenters. The van der Waals surface area contributed by atoms with Crippen molar-refractivity contribution in [2.45, 2.75) is 57.9 Å². The monoisotopic (exact) mass is 296 g/mol. The summed E-state index contributed by atoms with van der Waals surface area (Å²) in [5.74, 6) is 0.360. The largest absolute Gasteiger partial charge is 0.396 e. The fraction of sp³-hybridized carbons (Fsp3) is 0.875. The SMILES string of the molecule is CCC(=O)N1CCCC(C(=O)N2CCCC2CCCO)C1. The Morgan fingerprint density at radius 3 is 2.67 bits per heavy atom. The fourth-order valence-corrected chi connectivity index (χ4v) is 3.62. The maximum atomic E-state index is 12.8. The molecule has 2 heterocycles. The van der Waals surface area contributed by atoms with Gasteiger partial charge in [0.2, 0.25) is 11.8 Å². The summed E-state index contributed by atoms with van der Waals surface area (Å²) < 4.78 is 0. The van der Waals surface area contributed by atoms with Crippen molar-refractivity contribution >= 4 is 11.8 Å². The molecule has 0 bridgehead atoms. The number of carbonyl (C=O) groups excluding carboxylic acids is 2. The maximum Gasteiger partial charge on any atom is 0.227 e. The molecule has 0 radical (unpaired) electrons. The van der Waals surface area contributed by atoms with E-state index < -0.39 is 0 Å². The van der Waals surface area contributed by atoms with Crippen molar-refractivity contribution in [1.29, 1.82) is 0 Å². The molecule has 0 aromatic heterocycles. The molecule has 2 aliphatic rings. The summed E-state index contributed by atoms with van der Waals surface area (Å²) in [4.78, 5) is 28.5. The molecule has 1 N–H and O–H groups in total. The van der Waals surface area contributed by atoms with Gasteiger partial charge in [-0.25, -0.2) is 0 Å². The van der Waals surface area contributed by atoms with Crippen LogP contribution in [0.2, 0.25) is 0 Å². The average molecular weight is 296 g/mol. The maximum absolute atomic E-state index is 12.8. The van der Waals surface area contributed by atoms with Crippen LogP contribution in [0.5, 0.6) is 0 Å². The van der Waals surface area contributed by atoms with E-state index in [4.69, 9.17) is 5.11 Å². The number of carbonyl (C=O) groups is 2. The predicted molar refractivity (Wildman–Crippen MR) is 80.6 cm³/mol.